The second-order valence-corrected chi connectivity index (χ2v) is 7.34. The average molecular weight is 351 g/mol. The molecule has 0 saturated carbocycles. The summed E-state index contributed by atoms with van der Waals surface area (Å²) in [7, 11) is -2.23. The molecule has 0 fully saturated rings. The Morgan fingerprint density at radius 2 is 1.73 bits per heavy atom. The van der Waals surface area contributed by atoms with Crippen LogP contribution in [0.4, 0.5) is 0 Å². The highest BCUT2D eigenvalue weighted by Gasteiger charge is 2.10. The van der Waals surface area contributed by atoms with Crippen LogP contribution in [-0.2, 0) is 4.57 Å². The van der Waals surface area contributed by atoms with Crippen LogP contribution in [0.1, 0.15) is 38.5 Å². The standard InChI is InChI=1S/C15H24ClO5P/c1-20-13-8-9-15(14(16)12-13)21-10-6-4-2-3-5-7-11-22(17,18)19/h8-9,12H,2-7,10-11H2,1H3,(H2,17,18,19). The summed E-state index contributed by atoms with van der Waals surface area (Å²) in [6.45, 7) is 0.606. The number of benzene rings is 1. The SMILES string of the molecule is COc1ccc(OCCCCCCCCP(=O)(O)O)c(Cl)c1. The summed E-state index contributed by atoms with van der Waals surface area (Å²) in [6, 6.07) is 5.32. The van der Waals surface area contributed by atoms with Crippen LogP contribution in [0.2, 0.25) is 5.02 Å². The van der Waals surface area contributed by atoms with Gasteiger partial charge in [0.2, 0.25) is 0 Å². The van der Waals surface area contributed by atoms with E-state index in [1.807, 2.05) is 6.07 Å². The van der Waals surface area contributed by atoms with E-state index in [1.165, 1.54) is 0 Å². The van der Waals surface area contributed by atoms with Gasteiger partial charge < -0.3 is 19.3 Å². The van der Waals surface area contributed by atoms with Crippen LogP contribution in [0.5, 0.6) is 11.5 Å². The van der Waals surface area contributed by atoms with E-state index in [1.54, 1.807) is 19.2 Å². The molecule has 0 saturated heterocycles. The maximum atomic E-state index is 10.7. The topological polar surface area (TPSA) is 76.0 Å². The first kappa shape index (κ1) is 19.3. The molecule has 22 heavy (non-hydrogen) atoms. The molecule has 0 aliphatic rings. The van der Waals surface area contributed by atoms with Crippen molar-refractivity contribution < 1.29 is 23.8 Å². The Hall–Kier alpha value is -0.740. The Labute approximate surface area is 136 Å². The molecule has 126 valence electrons. The molecule has 2 N–H and O–H groups in total. The van der Waals surface area contributed by atoms with Gasteiger partial charge in [-0.1, -0.05) is 37.3 Å². The van der Waals surface area contributed by atoms with Crippen molar-refractivity contribution in [2.24, 2.45) is 0 Å². The zero-order valence-electron chi connectivity index (χ0n) is 12.8. The van der Waals surface area contributed by atoms with Gasteiger partial charge in [-0.05, 0) is 25.0 Å². The second kappa shape index (κ2) is 10.1. The Morgan fingerprint density at radius 3 is 2.32 bits per heavy atom. The average Bonchev–Trinajstić information content (AvgIpc) is 2.45. The lowest BCUT2D eigenvalue weighted by atomic mass is 10.1. The Balaban J connectivity index is 2.05. The molecule has 0 heterocycles. The summed E-state index contributed by atoms with van der Waals surface area (Å²) in [5.74, 6) is 1.36. The van der Waals surface area contributed by atoms with Crippen molar-refractivity contribution in [3.8, 4) is 11.5 Å². The number of hydrogen-bond acceptors (Lipinski definition) is 3. The summed E-state index contributed by atoms with van der Waals surface area (Å²) >= 11 is 6.07. The number of rotatable bonds is 11. The molecular formula is C15H24ClO5P. The van der Waals surface area contributed by atoms with Crippen molar-refractivity contribution in [2.75, 3.05) is 19.9 Å². The van der Waals surface area contributed by atoms with Crippen LogP contribution in [0.25, 0.3) is 0 Å². The van der Waals surface area contributed by atoms with Crippen molar-refractivity contribution in [3.63, 3.8) is 0 Å². The first-order valence-corrected chi connectivity index (χ1v) is 9.61. The van der Waals surface area contributed by atoms with Crippen LogP contribution >= 0.6 is 19.2 Å². The van der Waals surface area contributed by atoms with Gasteiger partial charge in [-0.2, -0.15) is 0 Å². The van der Waals surface area contributed by atoms with Crippen molar-refractivity contribution in [3.05, 3.63) is 23.2 Å². The van der Waals surface area contributed by atoms with Gasteiger partial charge in [-0.3, -0.25) is 4.57 Å². The lowest BCUT2D eigenvalue weighted by Gasteiger charge is -2.09. The maximum Gasteiger partial charge on any atom is 0.325 e. The fourth-order valence-electron chi connectivity index (χ4n) is 2.03. The summed E-state index contributed by atoms with van der Waals surface area (Å²) in [5, 5.41) is 0.539. The fourth-order valence-corrected chi connectivity index (χ4v) is 2.90. The third-order valence-corrected chi connectivity index (χ3v) is 4.43. The van der Waals surface area contributed by atoms with E-state index < -0.39 is 7.60 Å². The van der Waals surface area contributed by atoms with Gasteiger partial charge in [0, 0.05) is 12.2 Å². The van der Waals surface area contributed by atoms with E-state index in [0.29, 0.717) is 29.5 Å². The first-order chi connectivity index (χ1) is 10.4. The van der Waals surface area contributed by atoms with Crippen molar-refractivity contribution in [2.45, 2.75) is 38.5 Å². The van der Waals surface area contributed by atoms with E-state index in [2.05, 4.69) is 0 Å². The van der Waals surface area contributed by atoms with Gasteiger partial charge in [0.15, 0.2) is 0 Å². The van der Waals surface area contributed by atoms with E-state index in [-0.39, 0.29) is 6.16 Å². The number of methoxy groups -OCH3 is 1. The van der Waals surface area contributed by atoms with Crippen LogP contribution in [-0.4, -0.2) is 29.7 Å². The van der Waals surface area contributed by atoms with E-state index >= 15 is 0 Å². The highest BCUT2D eigenvalue weighted by Crippen LogP contribution is 2.35. The zero-order chi connectivity index (χ0) is 16.4. The number of unbranched alkanes of at least 4 members (excludes halogenated alkanes) is 5. The third-order valence-electron chi connectivity index (χ3n) is 3.24. The largest absolute Gasteiger partial charge is 0.497 e. The van der Waals surface area contributed by atoms with Gasteiger partial charge >= 0.3 is 7.60 Å². The summed E-state index contributed by atoms with van der Waals surface area (Å²) in [6.07, 6.45) is 5.43. The van der Waals surface area contributed by atoms with Crippen molar-refractivity contribution >= 4 is 19.2 Å². The molecule has 0 amide bonds. The lowest BCUT2D eigenvalue weighted by molar-refractivity contribution is 0.304. The van der Waals surface area contributed by atoms with Crippen molar-refractivity contribution in [1.29, 1.82) is 0 Å². The minimum Gasteiger partial charge on any atom is -0.497 e. The molecule has 0 radical (unpaired) electrons. The Morgan fingerprint density at radius 1 is 1.09 bits per heavy atom. The molecule has 5 nitrogen and oxygen atoms in total. The lowest BCUT2D eigenvalue weighted by Crippen LogP contribution is -1.98. The fraction of sp³-hybridized carbons (Fsp3) is 0.600. The number of ether oxygens (including phenoxy) is 2. The molecule has 1 aromatic carbocycles. The predicted octanol–water partition coefficient (Wildman–Crippen LogP) is 4.25. The van der Waals surface area contributed by atoms with Crippen LogP contribution < -0.4 is 9.47 Å². The molecule has 1 aromatic rings. The van der Waals surface area contributed by atoms with Crippen LogP contribution in [0.15, 0.2) is 18.2 Å². The predicted molar refractivity (Wildman–Crippen MR) is 88.1 cm³/mol. The molecule has 0 unspecified atom stereocenters. The van der Waals surface area contributed by atoms with Gasteiger partial charge in [0.05, 0.1) is 18.7 Å². The number of halogens is 1. The van der Waals surface area contributed by atoms with Crippen LogP contribution in [0.3, 0.4) is 0 Å². The Bertz CT molecular complexity index is 489. The van der Waals surface area contributed by atoms with Gasteiger partial charge in [0.25, 0.3) is 0 Å². The highest BCUT2D eigenvalue weighted by molar-refractivity contribution is 7.51. The zero-order valence-corrected chi connectivity index (χ0v) is 14.5. The Kier molecular flexibility index (Phi) is 8.88. The second-order valence-electron chi connectivity index (χ2n) is 5.15. The highest BCUT2D eigenvalue weighted by atomic mass is 35.5. The first-order valence-electron chi connectivity index (χ1n) is 7.43. The number of hydrogen-bond donors (Lipinski definition) is 2. The minimum absolute atomic E-state index is 0.00786. The van der Waals surface area contributed by atoms with Gasteiger partial charge in [0.1, 0.15) is 11.5 Å². The molecular weight excluding hydrogens is 327 g/mol. The van der Waals surface area contributed by atoms with Crippen molar-refractivity contribution in [1.82, 2.24) is 0 Å². The molecule has 0 aliphatic heterocycles. The van der Waals surface area contributed by atoms with E-state index in [4.69, 9.17) is 30.9 Å². The maximum absolute atomic E-state index is 10.7. The quantitative estimate of drug-likeness (QED) is 0.461. The van der Waals surface area contributed by atoms with E-state index in [9.17, 15) is 4.57 Å². The monoisotopic (exact) mass is 350 g/mol. The summed E-state index contributed by atoms with van der Waals surface area (Å²) < 4.78 is 21.4. The molecule has 0 atom stereocenters. The summed E-state index contributed by atoms with van der Waals surface area (Å²) in [5.41, 5.74) is 0. The van der Waals surface area contributed by atoms with Gasteiger partial charge in [-0.15, -0.1) is 0 Å². The smallest absolute Gasteiger partial charge is 0.325 e. The molecule has 0 aliphatic carbocycles. The summed E-state index contributed by atoms with van der Waals surface area (Å²) in [4.78, 5) is 17.5. The molecule has 7 heteroatoms. The minimum atomic E-state index is -3.82. The van der Waals surface area contributed by atoms with E-state index in [0.717, 1.165) is 32.1 Å². The van der Waals surface area contributed by atoms with Crippen LogP contribution in [0, 0.1) is 0 Å². The third kappa shape index (κ3) is 8.64. The molecule has 0 aromatic heterocycles. The van der Waals surface area contributed by atoms with Gasteiger partial charge in [-0.25, -0.2) is 0 Å². The molecule has 0 bridgehead atoms. The normalized spacial score (nSPS) is 11.5. The molecule has 1 rings (SSSR count). The molecule has 0 spiro atoms.